The zero-order chi connectivity index (χ0) is 28.4. The molecular weight excluding hydrogens is 496 g/mol. The lowest BCUT2D eigenvalue weighted by Gasteiger charge is -2.51. The molecule has 41 heavy (non-hydrogen) atoms. The molecule has 0 bridgehead atoms. The van der Waals surface area contributed by atoms with E-state index < -0.39 is 0 Å². The maximum Gasteiger partial charge on any atom is 0.115 e. The summed E-state index contributed by atoms with van der Waals surface area (Å²) in [7, 11) is 0. The number of aryl methyl sites for hydroxylation is 2. The van der Waals surface area contributed by atoms with Crippen LogP contribution in [-0.4, -0.2) is 5.11 Å². The standard InChI is InChI=1S/C20H28O.C20H28/c1-3-14-5-9-19-18-7-4-13-12-15(21)6-8-16(13)17(18)10-11-20(14,19)2;1-3-15-9-11-19-18-10-8-14-6-4-5-7-16(14)17(18)12-13-20(15,19)2/h6,8,12,14,17-19,21H,3-5,7,9-11H2,1-2H3;4-7,15,17-19H,3,8-13H2,1-2H3/t14-,17+,18+,19-,20+;15-,17?,18?,19?,20+/m00/s1. The van der Waals surface area contributed by atoms with Crippen molar-refractivity contribution in [2.45, 2.75) is 129 Å². The van der Waals surface area contributed by atoms with Gasteiger partial charge in [0.2, 0.25) is 0 Å². The van der Waals surface area contributed by atoms with Crippen LogP contribution in [0.1, 0.15) is 139 Å². The summed E-state index contributed by atoms with van der Waals surface area (Å²) in [6.45, 7) is 10.0. The second kappa shape index (κ2) is 10.7. The summed E-state index contributed by atoms with van der Waals surface area (Å²) in [5, 5.41) is 9.74. The first-order chi connectivity index (χ1) is 19.9. The zero-order valence-corrected chi connectivity index (χ0v) is 26.5. The first-order valence-electron chi connectivity index (χ1n) is 17.8. The number of hydrogen-bond donors (Lipinski definition) is 1. The summed E-state index contributed by atoms with van der Waals surface area (Å²) in [5.41, 5.74) is 7.64. The molecule has 0 aromatic heterocycles. The van der Waals surface area contributed by atoms with Gasteiger partial charge in [-0.25, -0.2) is 0 Å². The lowest BCUT2D eigenvalue weighted by atomic mass is 9.54. The summed E-state index contributed by atoms with van der Waals surface area (Å²) in [6.07, 6.45) is 19.7. The van der Waals surface area contributed by atoms with Gasteiger partial charge in [-0.05, 0) is 170 Å². The molecule has 8 rings (SSSR count). The Labute approximate surface area is 250 Å². The molecule has 10 atom stereocenters. The summed E-state index contributed by atoms with van der Waals surface area (Å²) in [4.78, 5) is 0. The van der Waals surface area contributed by atoms with Crippen molar-refractivity contribution in [3.05, 3.63) is 64.7 Å². The van der Waals surface area contributed by atoms with Crippen LogP contribution >= 0.6 is 0 Å². The highest BCUT2D eigenvalue weighted by molar-refractivity contribution is 5.40. The van der Waals surface area contributed by atoms with Crippen LogP contribution in [0.25, 0.3) is 0 Å². The van der Waals surface area contributed by atoms with Crippen LogP contribution in [0.3, 0.4) is 0 Å². The van der Waals surface area contributed by atoms with Gasteiger partial charge in [0.05, 0.1) is 0 Å². The molecule has 222 valence electrons. The lowest BCUT2D eigenvalue weighted by Crippen LogP contribution is -2.42. The molecule has 6 aliphatic rings. The van der Waals surface area contributed by atoms with Crippen molar-refractivity contribution in [2.24, 2.45) is 46.3 Å². The third-order valence-corrected chi connectivity index (χ3v) is 14.7. The Morgan fingerprint density at radius 3 is 1.76 bits per heavy atom. The number of fused-ring (bicyclic) bond motifs is 10. The van der Waals surface area contributed by atoms with E-state index in [1.54, 1.807) is 16.7 Å². The Hall–Kier alpha value is -1.76. The number of aromatic hydroxyl groups is 1. The van der Waals surface area contributed by atoms with Gasteiger partial charge in [0, 0.05) is 0 Å². The van der Waals surface area contributed by atoms with Crippen molar-refractivity contribution >= 4 is 0 Å². The topological polar surface area (TPSA) is 20.2 Å². The molecule has 6 aliphatic carbocycles. The maximum atomic E-state index is 9.74. The smallest absolute Gasteiger partial charge is 0.115 e. The van der Waals surface area contributed by atoms with E-state index in [1.807, 2.05) is 12.1 Å². The first kappa shape index (κ1) is 28.0. The summed E-state index contributed by atoms with van der Waals surface area (Å²) in [6, 6.07) is 15.4. The fourth-order valence-electron chi connectivity index (χ4n) is 12.6. The van der Waals surface area contributed by atoms with Gasteiger partial charge in [0.25, 0.3) is 0 Å². The molecule has 0 amide bonds. The number of phenols is 1. The van der Waals surface area contributed by atoms with Crippen LogP contribution in [0, 0.1) is 46.3 Å². The van der Waals surface area contributed by atoms with E-state index in [4.69, 9.17) is 0 Å². The van der Waals surface area contributed by atoms with Gasteiger partial charge < -0.3 is 5.11 Å². The SMILES string of the molecule is CC[C@H]1CCC2C3CCc4ccccc4C3CC[C@@]21C.CC[C@H]1CC[C@H]2[C@@H]3CCc4cc(O)ccc4[C@H]3CC[C@]12C. The minimum Gasteiger partial charge on any atom is -0.508 e. The van der Waals surface area contributed by atoms with Crippen LogP contribution in [0.15, 0.2) is 42.5 Å². The van der Waals surface area contributed by atoms with Gasteiger partial charge in [-0.3, -0.25) is 0 Å². The molecule has 2 aromatic carbocycles. The highest BCUT2D eigenvalue weighted by atomic mass is 16.3. The van der Waals surface area contributed by atoms with Gasteiger partial charge in [-0.1, -0.05) is 70.9 Å². The molecule has 0 heterocycles. The number of phenolic OH excluding ortho intramolecular Hbond substituents is 1. The molecule has 4 fully saturated rings. The van der Waals surface area contributed by atoms with Crippen molar-refractivity contribution in [3.63, 3.8) is 0 Å². The molecular formula is C40H56O. The van der Waals surface area contributed by atoms with Gasteiger partial charge >= 0.3 is 0 Å². The predicted molar refractivity (Wildman–Crippen MR) is 171 cm³/mol. The fraction of sp³-hybridized carbons (Fsp3) is 0.700. The van der Waals surface area contributed by atoms with E-state index in [-0.39, 0.29) is 0 Å². The molecule has 4 saturated carbocycles. The van der Waals surface area contributed by atoms with Crippen molar-refractivity contribution in [2.75, 3.05) is 0 Å². The average Bonchev–Trinajstić information content (AvgIpc) is 3.52. The molecule has 1 N–H and O–H groups in total. The molecule has 3 unspecified atom stereocenters. The normalized spacial score (nSPS) is 42.0. The quantitative estimate of drug-likeness (QED) is 0.393. The zero-order valence-electron chi connectivity index (χ0n) is 26.5. The minimum absolute atomic E-state index is 0.444. The lowest BCUT2D eigenvalue weighted by molar-refractivity contribution is 0.0273. The van der Waals surface area contributed by atoms with Crippen LogP contribution < -0.4 is 0 Å². The fourth-order valence-corrected chi connectivity index (χ4v) is 12.6. The Balaban J connectivity index is 0.000000135. The van der Waals surface area contributed by atoms with Crippen molar-refractivity contribution in [1.29, 1.82) is 0 Å². The number of rotatable bonds is 2. The van der Waals surface area contributed by atoms with Gasteiger partial charge in [0.1, 0.15) is 5.75 Å². The molecule has 0 spiro atoms. The van der Waals surface area contributed by atoms with Crippen LogP contribution in [0.4, 0.5) is 0 Å². The molecule has 1 nitrogen and oxygen atoms in total. The Kier molecular flexibility index (Phi) is 7.35. The highest BCUT2D eigenvalue weighted by Gasteiger charge is 2.55. The van der Waals surface area contributed by atoms with Gasteiger partial charge in [-0.15, -0.1) is 0 Å². The monoisotopic (exact) mass is 552 g/mol. The van der Waals surface area contributed by atoms with Crippen molar-refractivity contribution in [3.8, 4) is 5.75 Å². The summed E-state index contributed by atoms with van der Waals surface area (Å²) < 4.78 is 0. The second-order valence-corrected chi connectivity index (χ2v) is 15.9. The Morgan fingerprint density at radius 1 is 0.634 bits per heavy atom. The molecule has 2 aromatic rings. The Bertz CT molecular complexity index is 1250. The maximum absolute atomic E-state index is 9.74. The molecule has 0 radical (unpaired) electrons. The summed E-state index contributed by atoms with van der Waals surface area (Å²) >= 11 is 0. The molecule has 0 aliphatic heterocycles. The second-order valence-electron chi connectivity index (χ2n) is 15.9. The number of benzene rings is 2. The molecule has 0 saturated heterocycles. The van der Waals surface area contributed by atoms with E-state index >= 15 is 0 Å². The largest absolute Gasteiger partial charge is 0.508 e. The van der Waals surface area contributed by atoms with E-state index in [9.17, 15) is 5.11 Å². The highest BCUT2D eigenvalue weighted by Crippen LogP contribution is 2.65. The number of hydrogen-bond acceptors (Lipinski definition) is 1. The third kappa shape index (κ3) is 4.45. The van der Waals surface area contributed by atoms with Crippen molar-refractivity contribution < 1.29 is 5.11 Å². The van der Waals surface area contributed by atoms with E-state index in [0.717, 1.165) is 47.3 Å². The summed E-state index contributed by atoms with van der Waals surface area (Å²) in [5.74, 6) is 7.91. The van der Waals surface area contributed by atoms with E-state index in [1.165, 1.54) is 95.5 Å². The molecule has 1 heteroatoms. The van der Waals surface area contributed by atoms with Gasteiger partial charge in [-0.2, -0.15) is 0 Å². The Morgan fingerprint density at radius 2 is 1.17 bits per heavy atom. The van der Waals surface area contributed by atoms with Crippen LogP contribution in [0.2, 0.25) is 0 Å². The van der Waals surface area contributed by atoms with Crippen molar-refractivity contribution in [1.82, 2.24) is 0 Å². The predicted octanol–water partition coefficient (Wildman–Crippen LogP) is 10.8. The van der Waals surface area contributed by atoms with Crippen LogP contribution in [-0.2, 0) is 12.8 Å². The third-order valence-electron chi connectivity index (χ3n) is 14.7. The van der Waals surface area contributed by atoms with E-state index in [2.05, 4.69) is 58.0 Å². The van der Waals surface area contributed by atoms with Gasteiger partial charge in [0.15, 0.2) is 0 Å². The minimum atomic E-state index is 0.444. The van der Waals surface area contributed by atoms with E-state index in [0.29, 0.717) is 16.6 Å². The van der Waals surface area contributed by atoms with Crippen LogP contribution in [0.5, 0.6) is 5.75 Å². The average molecular weight is 553 g/mol. The first-order valence-corrected chi connectivity index (χ1v) is 17.8.